The number of carbonyl (C=O) groups is 1. The first-order valence-corrected chi connectivity index (χ1v) is 8.58. The van der Waals surface area contributed by atoms with Crippen LogP contribution in [0.15, 0.2) is 4.99 Å². The molecule has 0 radical (unpaired) electrons. The molecule has 134 valence electrons. The van der Waals surface area contributed by atoms with Crippen LogP contribution >= 0.6 is 0 Å². The van der Waals surface area contributed by atoms with E-state index < -0.39 is 0 Å². The zero-order chi connectivity index (χ0) is 17.3. The van der Waals surface area contributed by atoms with Crippen LogP contribution in [0.5, 0.6) is 0 Å². The zero-order valence-electron chi connectivity index (χ0n) is 15.4. The van der Waals surface area contributed by atoms with Gasteiger partial charge in [0.1, 0.15) is 6.54 Å². The van der Waals surface area contributed by atoms with Crippen LogP contribution in [0.1, 0.15) is 46.0 Å². The maximum absolute atomic E-state index is 11.8. The van der Waals surface area contributed by atoms with Crippen molar-refractivity contribution in [3.63, 3.8) is 0 Å². The van der Waals surface area contributed by atoms with Crippen LogP contribution in [-0.2, 0) is 9.53 Å². The highest BCUT2D eigenvalue weighted by Crippen LogP contribution is 2.19. The minimum atomic E-state index is 0.0103. The number of hydrogen-bond donors (Lipinski definition) is 2. The van der Waals surface area contributed by atoms with Crippen molar-refractivity contribution in [3.8, 4) is 0 Å². The smallest absolute Gasteiger partial charge is 0.243 e. The molecule has 1 fully saturated rings. The van der Waals surface area contributed by atoms with Crippen LogP contribution in [-0.4, -0.2) is 63.7 Å². The second kappa shape index (κ2) is 9.75. The summed E-state index contributed by atoms with van der Waals surface area (Å²) in [4.78, 5) is 17.8. The van der Waals surface area contributed by atoms with Gasteiger partial charge in [0.2, 0.25) is 5.91 Å². The normalized spacial score (nSPS) is 16.5. The minimum Gasteiger partial charge on any atom is -0.385 e. The third kappa shape index (κ3) is 8.21. The summed E-state index contributed by atoms with van der Waals surface area (Å²) in [5.41, 5.74) is 0.111. The van der Waals surface area contributed by atoms with E-state index in [2.05, 4.69) is 29.5 Å². The van der Waals surface area contributed by atoms with Gasteiger partial charge in [-0.05, 0) is 24.7 Å². The molecule has 6 heteroatoms. The average Bonchev–Trinajstić information content (AvgIpc) is 3.00. The van der Waals surface area contributed by atoms with Crippen molar-refractivity contribution in [3.05, 3.63) is 0 Å². The van der Waals surface area contributed by atoms with Gasteiger partial charge in [0.15, 0.2) is 5.96 Å². The molecule has 1 saturated carbocycles. The van der Waals surface area contributed by atoms with Crippen LogP contribution in [0.2, 0.25) is 0 Å². The Morgan fingerprint density at radius 1 is 1.30 bits per heavy atom. The summed E-state index contributed by atoms with van der Waals surface area (Å²) in [5, 5.41) is 6.88. The number of carbonyl (C=O) groups excluding carboxylic acids is 1. The van der Waals surface area contributed by atoms with E-state index in [0.29, 0.717) is 6.04 Å². The van der Waals surface area contributed by atoms with Crippen molar-refractivity contribution >= 4 is 11.9 Å². The van der Waals surface area contributed by atoms with Gasteiger partial charge in [0, 0.05) is 40.4 Å². The van der Waals surface area contributed by atoms with Gasteiger partial charge in [-0.25, -0.2) is 4.99 Å². The van der Waals surface area contributed by atoms with Gasteiger partial charge in [0.05, 0.1) is 0 Å². The van der Waals surface area contributed by atoms with E-state index in [4.69, 9.17) is 4.74 Å². The van der Waals surface area contributed by atoms with E-state index in [1.54, 1.807) is 26.1 Å². The molecule has 0 unspecified atom stereocenters. The molecule has 0 spiro atoms. The molecule has 0 aliphatic heterocycles. The number of nitrogens with zero attached hydrogens (tertiary/aromatic N) is 2. The summed E-state index contributed by atoms with van der Waals surface area (Å²) in [5.74, 6) is 0.758. The first-order valence-electron chi connectivity index (χ1n) is 8.58. The van der Waals surface area contributed by atoms with Gasteiger partial charge in [-0.15, -0.1) is 0 Å². The summed E-state index contributed by atoms with van der Waals surface area (Å²) in [7, 11) is 5.23. The summed E-state index contributed by atoms with van der Waals surface area (Å²) in [6.07, 6.45) is 5.86. The average molecular weight is 326 g/mol. The molecule has 1 amide bonds. The third-order valence-electron chi connectivity index (χ3n) is 4.28. The minimum absolute atomic E-state index is 0.0103. The molecule has 1 aliphatic carbocycles. The van der Waals surface area contributed by atoms with E-state index in [1.165, 1.54) is 25.7 Å². The monoisotopic (exact) mass is 326 g/mol. The number of amides is 1. The molecule has 23 heavy (non-hydrogen) atoms. The third-order valence-corrected chi connectivity index (χ3v) is 4.28. The van der Waals surface area contributed by atoms with Crippen LogP contribution < -0.4 is 10.6 Å². The lowest BCUT2D eigenvalue weighted by molar-refractivity contribution is -0.127. The first-order chi connectivity index (χ1) is 10.8. The Morgan fingerprint density at radius 2 is 1.96 bits per heavy atom. The summed E-state index contributed by atoms with van der Waals surface area (Å²) < 4.78 is 5.17. The zero-order valence-corrected chi connectivity index (χ0v) is 15.4. The fourth-order valence-corrected chi connectivity index (χ4v) is 2.49. The molecule has 2 N–H and O–H groups in total. The molecule has 1 rings (SSSR count). The van der Waals surface area contributed by atoms with Gasteiger partial charge < -0.3 is 20.3 Å². The number of nitrogens with one attached hydrogen (secondary N) is 2. The molecule has 0 aromatic heterocycles. The Kier molecular flexibility index (Phi) is 8.37. The molecule has 0 aromatic carbocycles. The number of methoxy groups -OCH3 is 1. The number of likely N-dealkylation sites (N-methyl/N-ethyl adjacent to an activating group) is 1. The van der Waals surface area contributed by atoms with E-state index >= 15 is 0 Å². The second-order valence-corrected chi connectivity index (χ2v) is 7.34. The summed E-state index contributed by atoms with van der Waals surface area (Å²) >= 11 is 0. The maximum Gasteiger partial charge on any atom is 0.243 e. The summed E-state index contributed by atoms with van der Waals surface area (Å²) in [6, 6.07) is 0.470. The van der Waals surface area contributed by atoms with Gasteiger partial charge >= 0.3 is 0 Å². The lowest BCUT2D eigenvalue weighted by Crippen LogP contribution is -2.46. The van der Waals surface area contributed by atoms with Crippen LogP contribution in [0, 0.1) is 5.41 Å². The predicted molar refractivity (Wildman–Crippen MR) is 94.7 cm³/mol. The number of ether oxygens (including phenoxy) is 1. The molecular weight excluding hydrogens is 292 g/mol. The lowest BCUT2D eigenvalue weighted by atomic mass is 9.90. The van der Waals surface area contributed by atoms with Crippen molar-refractivity contribution in [1.29, 1.82) is 0 Å². The second-order valence-electron chi connectivity index (χ2n) is 7.34. The highest BCUT2D eigenvalue weighted by molar-refractivity contribution is 5.85. The SMILES string of the molecule is COCCC(C)(C)CNC(=NCC(=O)N(C)C)NC1CCCC1. The summed E-state index contributed by atoms with van der Waals surface area (Å²) in [6.45, 7) is 6.13. The van der Waals surface area contributed by atoms with Gasteiger partial charge in [-0.3, -0.25) is 4.79 Å². The quantitative estimate of drug-likeness (QED) is 0.525. The Labute approximate surface area is 141 Å². The molecule has 1 aliphatic rings. The topological polar surface area (TPSA) is 66.0 Å². The standard InChI is InChI=1S/C17H34N4O2/c1-17(2,10-11-23-5)13-19-16(18-12-15(22)21(3)4)20-14-8-6-7-9-14/h14H,6-13H2,1-5H3,(H2,18,19,20). The molecule has 0 atom stereocenters. The number of rotatable bonds is 8. The molecule has 0 bridgehead atoms. The van der Waals surface area contributed by atoms with Gasteiger partial charge in [0.25, 0.3) is 0 Å². The van der Waals surface area contributed by atoms with Crippen molar-refractivity contribution in [2.75, 3.05) is 40.9 Å². The molecular formula is C17H34N4O2. The van der Waals surface area contributed by atoms with Crippen LogP contribution in [0.3, 0.4) is 0 Å². The van der Waals surface area contributed by atoms with E-state index in [0.717, 1.165) is 25.5 Å². The Balaban J connectivity index is 2.58. The maximum atomic E-state index is 11.8. The Bertz CT molecular complexity index is 388. The van der Waals surface area contributed by atoms with E-state index in [1.807, 2.05) is 0 Å². The fraction of sp³-hybridized carbons (Fsp3) is 0.882. The van der Waals surface area contributed by atoms with E-state index in [-0.39, 0.29) is 17.9 Å². The van der Waals surface area contributed by atoms with Crippen LogP contribution in [0.4, 0.5) is 0 Å². The van der Waals surface area contributed by atoms with Gasteiger partial charge in [-0.1, -0.05) is 26.7 Å². The Hall–Kier alpha value is -1.30. The number of aliphatic imine (C=N–C) groups is 1. The predicted octanol–water partition coefficient (Wildman–Crippen LogP) is 1.62. The van der Waals surface area contributed by atoms with Gasteiger partial charge in [-0.2, -0.15) is 0 Å². The molecule has 0 heterocycles. The van der Waals surface area contributed by atoms with E-state index in [9.17, 15) is 4.79 Å². The lowest BCUT2D eigenvalue weighted by Gasteiger charge is -2.27. The fourth-order valence-electron chi connectivity index (χ4n) is 2.49. The van der Waals surface area contributed by atoms with Crippen LogP contribution in [0.25, 0.3) is 0 Å². The first kappa shape index (κ1) is 19.7. The number of guanidine groups is 1. The molecule has 6 nitrogen and oxygen atoms in total. The number of hydrogen-bond acceptors (Lipinski definition) is 3. The van der Waals surface area contributed by atoms with Crippen molar-refractivity contribution in [1.82, 2.24) is 15.5 Å². The van der Waals surface area contributed by atoms with Crippen molar-refractivity contribution < 1.29 is 9.53 Å². The molecule has 0 saturated heterocycles. The highest BCUT2D eigenvalue weighted by Gasteiger charge is 2.20. The Morgan fingerprint density at radius 3 is 2.52 bits per heavy atom. The van der Waals surface area contributed by atoms with Crippen molar-refractivity contribution in [2.24, 2.45) is 10.4 Å². The van der Waals surface area contributed by atoms with Crippen molar-refractivity contribution in [2.45, 2.75) is 52.0 Å². The molecule has 0 aromatic rings. The highest BCUT2D eigenvalue weighted by atomic mass is 16.5. The largest absolute Gasteiger partial charge is 0.385 e.